The molecule has 3 N–H and O–H groups in total. The summed E-state index contributed by atoms with van der Waals surface area (Å²) in [5.41, 5.74) is 3.56. The summed E-state index contributed by atoms with van der Waals surface area (Å²) in [5, 5.41) is 9.93. The highest BCUT2D eigenvalue weighted by atomic mass is 19.4. The van der Waals surface area contributed by atoms with E-state index in [2.05, 4.69) is 20.8 Å². The van der Waals surface area contributed by atoms with E-state index in [0.29, 0.717) is 37.8 Å². The van der Waals surface area contributed by atoms with Gasteiger partial charge >= 0.3 is 6.18 Å². The molecule has 10 nitrogen and oxygen atoms in total. The molecule has 0 aromatic carbocycles. The van der Waals surface area contributed by atoms with E-state index in [1.54, 1.807) is 4.90 Å². The zero-order valence-electron chi connectivity index (χ0n) is 17.5. The van der Waals surface area contributed by atoms with Crippen LogP contribution in [0.2, 0.25) is 0 Å². The molecule has 2 fully saturated rings. The smallest absolute Gasteiger partial charge is 0.378 e. The molecule has 0 radical (unpaired) electrons. The van der Waals surface area contributed by atoms with Gasteiger partial charge in [-0.15, -0.1) is 0 Å². The van der Waals surface area contributed by atoms with Crippen LogP contribution in [0.4, 0.5) is 24.9 Å². The summed E-state index contributed by atoms with van der Waals surface area (Å²) < 4.78 is 45.2. The summed E-state index contributed by atoms with van der Waals surface area (Å²) in [6.45, 7) is 1.25. The van der Waals surface area contributed by atoms with Crippen molar-refractivity contribution in [1.29, 1.82) is 0 Å². The average molecular weight is 460 g/mol. The molecule has 178 valence electrons. The predicted octanol–water partition coefficient (Wildman–Crippen LogP) is 1.82. The number of anilines is 2. The first kappa shape index (κ1) is 24.0. The molecule has 2 heterocycles. The minimum atomic E-state index is -4.70. The molecule has 0 spiro atoms. The van der Waals surface area contributed by atoms with E-state index in [0.717, 1.165) is 31.7 Å². The van der Waals surface area contributed by atoms with Crippen LogP contribution in [0.15, 0.2) is 6.07 Å². The number of ether oxygens (including phenoxy) is 1. The number of carbonyl (C=O) groups excluding carboxylic acids is 2. The fraction of sp³-hybridized carbons (Fsp3) is 0.684. The lowest BCUT2D eigenvalue weighted by Crippen LogP contribution is -2.41. The monoisotopic (exact) mass is 460 g/mol. The second-order valence-corrected chi connectivity index (χ2v) is 7.96. The lowest BCUT2D eigenvalue weighted by molar-refractivity contribution is -0.154. The Labute approximate surface area is 183 Å². The molecule has 1 unspecified atom stereocenters. The number of nitrogens with one attached hydrogen (secondary N) is 2. The number of nitrogens with zero attached hydrogens (tertiary/aromatic N) is 4. The second kappa shape index (κ2) is 10.8. The van der Waals surface area contributed by atoms with Crippen molar-refractivity contribution in [2.24, 2.45) is 11.8 Å². The fourth-order valence-corrected chi connectivity index (χ4v) is 3.99. The number of hydroxylamine groups is 2. The molecule has 1 aromatic heterocycles. The van der Waals surface area contributed by atoms with Gasteiger partial charge in [-0.1, -0.05) is 25.7 Å². The number of hydrazine groups is 1. The Morgan fingerprint density at radius 3 is 2.62 bits per heavy atom. The van der Waals surface area contributed by atoms with Gasteiger partial charge in [-0.05, 0) is 12.3 Å². The van der Waals surface area contributed by atoms with Crippen LogP contribution >= 0.6 is 0 Å². The third-order valence-electron chi connectivity index (χ3n) is 5.63. The van der Waals surface area contributed by atoms with Crippen molar-refractivity contribution >= 4 is 24.1 Å². The summed E-state index contributed by atoms with van der Waals surface area (Å²) in [7, 11) is 0. The number of hydrogen-bond acceptors (Lipinski definition) is 8. The molecule has 2 amide bonds. The Bertz CT molecular complexity index is 785. The second-order valence-electron chi connectivity index (χ2n) is 7.96. The van der Waals surface area contributed by atoms with Crippen LogP contribution in [0, 0.1) is 11.8 Å². The van der Waals surface area contributed by atoms with Crippen molar-refractivity contribution in [3.63, 3.8) is 0 Å². The minimum absolute atomic E-state index is 0.0670. The molecule has 1 saturated carbocycles. The number of amides is 2. The molecule has 1 saturated heterocycles. The number of morpholine rings is 1. The Morgan fingerprint density at radius 2 is 2.00 bits per heavy atom. The number of alkyl halides is 3. The molecule has 3 rings (SSSR count). The molecule has 1 aromatic rings. The van der Waals surface area contributed by atoms with E-state index in [1.807, 2.05) is 0 Å². The van der Waals surface area contributed by atoms with Crippen LogP contribution in [0.3, 0.4) is 0 Å². The van der Waals surface area contributed by atoms with Gasteiger partial charge in [-0.2, -0.15) is 18.2 Å². The first-order valence-corrected chi connectivity index (χ1v) is 10.5. The molecule has 1 atom stereocenters. The Kier molecular flexibility index (Phi) is 8.07. The highest BCUT2D eigenvalue weighted by molar-refractivity contribution is 5.80. The molecule has 2 aliphatic rings. The van der Waals surface area contributed by atoms with Crippen molar-refractivity contribution in [3.8, 4) is 0 Å². The van der Waals surface area contributed by atoms with Crippen LogP contribution < -0.4 is 15.8 Å². The van der Waals surface area contributed by atoms with E-state index in [1.165, 1.54) is 0 Å². The van der Waals surface area contributed by atoms with E-state index in [4.69, 9.17) is 4.74 Å². The van der Waals surface area contributed by atoms with E-state index >= 15 is 0 Å². The number of aromatic nitrogens is 2. The third-order valence-corrected chi connectivity index (χ3v) is 5.63. The van der Waals surface area contributed by atoms with E-state index < -0.39 is 29.6 Å². The van der Waals surface area contributed by atoms with E-state index in [-0.39, 0.29) is 24.7 Å². The van der Waals surface area contributed by atoms with Crippen molar-refractivity contribution in [3.05, 3.63) is 11.8 Å². The SMILES string of the molecule is O=CN(O)CC(CC1CCCC1)C(=O)NNc1nc(N2CCOCC2)cc(C(F)(F)F)n1. The third kappa shape index (κ3) is 6.66. The molecule has 13 heteroatoms. The molecular weight excluding hydrogens is 433 g/mol. The summed E-state index contributed by atoms with van der Waals surface area (Å²) >= 11 is 0. The van der Waals surface area contributed by atoms with Crippen LogP contribution in [-0.2, 0) is 20.5 Å². The largest absolute Gasteiger partial charge is 0.433 e. The van der Waals surface area contributed by atoms with Gasteiger partial charge in [0.2, 0.25) is 18.3 Å². The zero-order valence-corrected chi connectivity index (χ0v) is 17.5. The lowest BCUT2D eigenvalue weighted by atomic mass is 9.92. The molecule has 32 heavy (non-hydrogen) atoms. The Hall–Kier alpha value is -2.67. The molecule has 0 bridgehead atoms. The molecule has 1 aliphatic heterocycles. The zero-order chi connectivity index (χ0) is 23.1. The summed E-state index contributed by atoms with van der Waals surface area (Å²) in [6, 6.07) is 0.856. The minimum Gasteiger partial charge on any atom is -0.378 e. The van der Waals surface area contributed by atoms with Crippen molar-refractivity contribution < 1.29 is 32.7 Å². The lowest BCUT2D eigenvalue weighted by Gasteiger charge is -2.28. The van der Waals surface area contributed by atoms with Crippen LogP contribution in [0.1, 0.15) is 37.8 Å². The van der Waals surface area contributed by atoms with Gasteiger partial charge in [-0.3, -0.25) is 25.6 Å². The number of halogens is 3. The van der Waals surface area contributed by atoms with Gasteiger partial charge in [-0.25, -0.2) is 10.0 Å². The summed E-state index contributed by atoms with van der Waals surface area (Å²) in [4.78, 5) is 32.7. The normalized spacial score (nSPS) is 18.3. The van der Waals surface area contributed by atoms with Crippen molar-refractivity contribution in [2.75, 3.05) is 43.2 Å². The van der Waals surface area contributed by atoms with Crippen LogP contribution in [0.25, 0.3) is 0 Å². The quantitative estimate of drug-likeness (QED) is 0.290. The van der Waals surface area contributed by atoms with Gasteiger partial charge in [0.25, 0.3) is 0 Å². The number of hydrogen-bond donors (Lipinski definition) is 3. The van der Waals surface area contributed by atoms with Gasteiger partial charge in [0, 0.05) is 19.2 Å². The highest BCUT2D eigenvalue weighted by Crippen LogP contribution is 2.32. The van der Waals surface area contributed by atoms with Gasteiger partial charge in [0.1, 0.15) is 5.82 Å². The molecular formula is C19H27F3N6O4. The molecule has 1 aliphatic carbocycles. The van der Waals surface area contributed by atoms with Crippen LogP contribution in [0.5, 0.6) is 0 Å². The van der Waals surface area contributed by atoms with E-state index in [9.17, 15) is 28.0 Å². The maximum Gasteiger partial charge on any atom is 0.433 e. The maximum absolute atomic E-state index is 13.3. The first-order chi connectivity index (χ1) is 15.3. The van der Waals surface area contributed by atoms with Gasteiger partial charge in [0.05, 0.1) is 25.7 Å². The van der Waals surface area contributed by atoms with Gasteiger partial charge in [0.15, 0.2) is 5.69 Å². The van der Waals surface area contributed by atoms with Crippen LogP contribution in [-0.4, -0.2) is 65.4 Å². The standard InChI is InChI=1S/C19H27F3N6O4/c20-19(21,22)15-10-16(27-5-7-32-8-6-27)24-18(23-15)26-25-17(30)14(11-28(31)12-29)9-13-3-1-2-4-13/h10,12-14,31H,1-9,11H2,(H,25,30)(H,23,24,26). The highest BCUT2D eigenvalue weighted by Gasteiger charge is 2.35. The average Bonchev–Trinajstić information content (AvgIpc) is 3.30. The Balaban J connectivity index is 1.72. The topological polar surface area (TPSA) is 120 Å². The van der Waals surface area contributed by atoms with Gasteiger partial charge < -0.3 is 9.64 Å². The maximum atomic E-state index is 13.3. The Morgan fingerprint density at radius 1 is 1.31 bits per heavy atom. The first-order valence-electron chi connectivity index (χ1n) is 10.5. The number of rotatable bonds is 9. The predicted molar refractivity (Wildman–Crippen MR) is 106 cm³/mol. The number of carbonyl (C=O) groups is 2. The van der Waals surface area contributed by atoms with Crippen molar-refractivity contribution in [1.82, 2.24) is 20.5 Å². The summed E-state index contributed by atoms with van der Waals surface area (Å²) in [5.74, 6) is -1.39. The van der Waals surface area contributed by atoms with Crippen molar-refractivity contribution in [2.45, 2.75) is 38.3 Å². The summed E-state index contributed by atoms with van der Waals surface area (Å²) in [6.07, 6.45) is -0.0520. The fourth-order valence-electron chi connectivity index (χ4n) is 3.99.